The predicted octanol–water partition coefficient (Wildman–Crippen LogP) is 1.79. The predicted molar refractivity (Wildman–Crippen MR) is 95.7 cm³/mol. The van der Waals surface area contributed by atoms with Crippen molar-refractivity contribution in [1.29, 1.82) is 0 Å². The first kappa shape index (κ1) is 19.2. The van der Waals surface area contributed by atoms with Gasteiger partial charge in [0.25, 0.3) is 0 Å². The third kappa shape index (κ3) is 4.93. The van der Waals surface area contributed by atoms with Gasteiger partial charge in [-0.1, -0.05) is 26.0 Å². The van der Waals surface area contributed by atoms with E-state index in [0.29, 0.717) is 19.0 Å². The number of rotatable bonds is 8. The zero-order chi connectivity index (χ0) is 18.4. The second-order valence-corrected chi connectivity index (χ2v) is 6.31. The standard InChI is InChI=1S/C18H27N3O4/c1-13(2)14-5-7-15(8-6-14)21-10-9-20(18(21)23)12-16(22)19-11-17(24-3)25-4/h5-8,13,17H,9-12H2,1-4H3,(H,19,22). The summed E-state index contributed by atoms with van der Waals surface area (Å²) in [5, 5.41) is 2.71. The van der Waals surface area contributed by atoms with E-state index in [1.165, 1.54) is 19.8 Å². The molecule has 1 aromatic rings. The third-order valence-corrected chi connectivity index (χ3v) is 4.29. The molecular formula is C18H27N3O4. The summed E-state index contributed by atoms with van der Waals surface area (Å²) in [7, 11) is 3.01. The molecule has 0 bridgehead atoms. The molecule has 25 heavy (non-hydrogen) atoms. The number of nitrogens with zero attached hydrogens (tertiary/aromatic N) is 2. The molecule has 3 amide bonds. The van der Waals surface area contributed by atoms with Crippen LogP contribution in [0.25, 0.3) is 0 Å². The van der Waals surface area contributed by atoms with Crippen LogP contribution in [-0.2, 0) is 14.3 Å². The van der Waals surface area contributed by atoms with Crippen LogP contribution in [0.15, 0.2) is 24.3 Å². The molecule has 1 fully saturated rings. The molecule has 1 aliphatic rings. The summed E-state index contributed by atoms with van der Waals surface area (Å²) in [4.78, 5) is 27.8. The van der Waals surface area contributed by atoms with E-state index in [1.807, 2.05) is 24.3 Å². The number of anilines is 1. The molecule has 0 saturated carbocycles. The Morgan fingerprint density at radius 1 is 1.16 bits per heavy atom. The van der Waals surface area contributed by atoms with Gasteiger partial charge < -0.3 is 19.7 Å². The van der Waals surface area contributed by atoms with Gasteiger partial charge in [-0.05, 0) is 23.6 Å². The fourth-order valence-corrected chi connectivity index (χ4v) is 2.70. The van der Waals surface area contributed by atoms with Crippen molar-refractivity contribution in [3.05, 3.63) is 29.8 Å². The van der Waals surface area contributed by atoms with Gasteiger partial charge in [-0.15, -0.1) is 0 Å². The number of nitrogens with one attached hydrogen (secondary N) is 1. The highest BCUT2D eigenvalue weighted by Gasteiger charge is 2.30. The van der Waals surface area contributed by atoms with E-state index in [9.17, 15) is 9.59 Å². The SMILES string of the molecule is COC(CNC(=O)CN1CCN(c2ccc(C(C)C)cc2)C1=O)OC. The van der Waals surface area contributed by atoms with E-state index >= 15 is 0 Å². The smallest absolute Gasteiger partial charge is 0.325 e. The molecule has 1 heterocycles. The third-order valence-electron chi connectivity index (χ3n) is 4.29. The first-order valence-corrected chi connectivity index (χ1v) is 8.45. The van der Waals surface area contributed by atoms with Crippen LogP contribution >= 0.6 is 0 Å². The summed E-state index contributed by atoms with van der Waals surface area (Å²) >= 11 is 0. The minimum atomic E-state index is -0.491. The highest BCUT2D eigenvalue weighted by molar-refractivity contribution is 5.96. The Bertz CT molecular complexity index is 584. The minimum Gasteiger partial charge on any atom is -0.354 e. The second-order valence-electron chi connectivity index (χ2n) is 6.31. The van der Waals surface area contributed by atoms with Gasteiger partial charge in [0.15, 0.2) is 6.29 Å². The molecule has 1 saturated heterocycles. The molecule has 0 radical (unpaired) electrons. The Morgan fingerprint density at radius 2 is 1.80 bits per heavy atom. The van der Waals surface area contributed by atoms with Gasteiger partial charge in [0.05, 0.1) is 6.54 Å². The number of carbonyl (C=O) groups excluding carboxylic acids is 2. The normalized spacial score (nSPS) is 14.7. The van der Waals surface area contributed by atoms with Crippen LogP contribution in [-0.4, -0.2) is 63.5 Å². The van der Waals surface area contributed by atoms with Crippen molar-refractivity contribution in [3.8, 4) is 0 Å². The number of carbonyl (C=O) groups is 2. The van der Waals surface area contributed by atoms with Gasteiger partial charge in [0.1, 0.15) is 6.54 Å². The fraction of sp³-hybridized carbons (Fsp3) is 0.556. The van der Waals surface area contributed by atoms with Crippen molar-refractivity contribution in [2.75, 3.05) is 45.3 Å². The lowest BCUT2D eigenvalue weighted by Gasteiger charge is -2.20. The van der Waals surface area contributed by atoms with Crippen molar-refractivity contribution < 1.29 is 19.1 Å². The Hall–Kier alpha value is -2.12. The van der Waals surface area contributed by atoms with Crippen molar-refractivity contribution in [2.45, 2.75) is 26.1 Å². The Morgan fingerprint density at radius 3 is 2.36 bits per heavy atom. The summed E-state index contributed by atoms with van der Waals surface area (Å²) in [5.74, 6) is 0.219. The average Bonchev–Trinajstić information content (AvgIpc) is 2.96. The number of urea groups is 1. The number of methoxy groups -OCH3 is 2. The van der Waals surface area contributed by atoms with E-state index in [0.717, 1.165) is 5.69 Å². The quantitative estimate of drug-likeness (QED) is 0.727. The Labute approximate surface area is 148 Å². The van der Waals surface area contributed by atoms with Crippen molar-refractivity contribution in [3.63, 3.8) is 0 Å². The van der Waals surface area contributed by atoms with E-state index in [-0.39, 0.29) is 25.0 Å². The minimum absolute atomic E-state index is 0.0273. The highest BCUT2D eigenvalue weighted by Crippen LogP contribution is 2.23. The highest BCUT2D eigenvalue weighted by atomic mass is 16.7. The average molecular weight is 349 g/mol. The number of ether oxygens (including phenoxy) is 2. The van der Waals surface area contributed by atoms with Crippen LogP contribution in [0.3, 0.4) is 0 Å². The van der Waals surface area contributed by atoms with Crippen LogP contribution in [0, 0.1) is 0 Å². The second kappa shape index (κ2) is 8.82. The fourth-order valence-electron chi connectivity index (χ4n) is 2.70. The van der Waals surface area contributed by atoms with E-state index < -0.39 is 6.29 Å². The first-order chi connectivity index (χ1) is 12.0. The molecule has 0 aliphatic carbocycles. The molecular weight excluding hydrogens is 322 g/mol. The van der Waals surface area contributed by atoms with Crippen LogP contribution in [0.5, 0.6) is 0 Å². The number of amides is 3. The van der Waals surface area contributed by atoms with Crippen molar-refractivity contribution >= 4 is 17.6 Å². The molecule has 1 aliphatic heterocycles. The molecule has 1 aromatic carbocycles. The number of hydrogen-bond acceptors (Lipinski definition) is 4. The summed E-state index contributed by atoms with van der Waals surface area (Å²) in [6, 6.07) is 7.84. The molecule has 138 valence electrons. The molecule has 0 spiro atoms. The lowest BCUT2D eigenvalue weighted by molar-refractivity contribution is -0.127. The first-order valence-electron chi connectivity index (χ1n) is 8.45. The lowest BCUT2D eigenvalue weighted by Crippen LogP contribution is -2.42. The van der Waals surface area contributed by atoms with Crippen molar-refractivity contribution in [1.82, 2.24) is 10.2 Å². The van der Waals surface area contributed by atoms with E-state index in [1.54, 1.807) is 9.80 Å². The van der Waals surface area contributed by atoms with Crippen LogP contribution < -0.4 is 10.2 Å². The van der Waals surface area contributed by atoms with Gasteiger partial charge in [0, 0.05) is 33.0 Å². The van der Waals surface area contributed by atoms with Crippen LogP contribution in [0.1, 0.15) is 25.3 Å². The Kier molecular flexibility index (Phi) is 6.78. The molecule has 0 atom stereocenters. The maximum absolute atomic E-state index is 12.5. The monoisotopic (exact) mass is 349 g/mol. The van der Waals surface area contributed by atoms with Gasteiger partial charge in [-0.2, -0.15) is 0 Å². The molecule has 7 nitrogen and oxygen atoms in total. The van der Waals surface area contributed by atoms with Crippen LogP contribution in [0.4, 0.5) is 10.5 Å². The summed E-state index contributed by atoms with van der Waals surface area (Å²) < 4.78 is 10.0. The van der Waals surface area contributed by atoms with Gasteiger partial charge in [-0.25, -0.2) is 4.79 Å². The van der Waals surface area contributed by atoms with Gasteiger partial charge in [-0.3, -0.25) is 9.69 Å². The largest absolute Gasteiger partial charge is 0.354 e. The van der Waals surface area contributed by atoms with Gasteiger partial charge in [0.2, 0.25) is 5.91 Å². The number of benzene rings is 1. The molecule has 7 heteroatoms. The summed E-state index contributed by atoms with van der Waals surface area (Å²) in [6.07, 6.45) is -0.491. The van der Waals surface area contributed by atoms with Crippen molar-refractivity contribution in [2.24, 2.45) is 0 Å². The van der Waals surface area contributed by atoms with E-state index in [2.05, 4.69) is 19.2 Å². The summed E-state index contributed by atoms with van der Waals surface area (Å²) in [5.41, 5.74) is 2.09. The van der Waals surface area contributed by atoms with Crippen LogP contribution in [0.2, 0.25) is 0 Å². The lowest BCUT2D eigenvalue weighted by atomic mass is 10.0. The molecule has 0 unspecified atom stereocenters. The number of hydrogen-bond donors (Lipinski definition) is 1. The zero-order valence-electron chi connectivity index (χ0n) is 15.3. The maximum Gasteiger partial charge on any atom is 0.325 e. The van der Waals surface area contributed by atoms with Gasteiger partial charge >= 0.3 is 6.03 Å². The molecule has 1 N–H and O–H groups in total. The van der Waals surface area contributed by atoms with E-state index in [4.69, 9.17) is 9.47 Å². The Balaban J connectivity index is 1.89. The zero-order valence-corrected chi connectivity index (χ0v) is 15.3. The molecule has 2 rings (SSSR count). The topological polar surface area (TPSA) is 71.1 Å². The maximum atomic E-state index is 12.5. The summed E-state index contributed by atoms with van der Waals surface area (Å²) in [6.45, 7) is 5.64. The molecule has 0 aromatic heterocycles.